The largest absolute Gasteiger partial charge is 0.487 e. The molecule has 2 aliphatic rings. The quantitative estimate of drug-likeness (QED) is 0.815. The Morgan fingerprint density at radius 3 is 2.38 bits per heavy atom. The van der Waals surface area contributed by atoms with Crippen molar-refractivity contribution in [3.63, 3.8) is 0 Å². The van der Waals surface area contributed by atoms with Gasteiger partial charge in [0.2, 0.25) is 5.91 Å². The van der Waals surface area contributed by atoms with Gasteiger partial charge in [0.05, 0.1) is 0 Å². The van der Waals surface area contributed by atoms with Crippen molar-refractivity contribution in [3.8, 4) is 5.75 Å². The maximum Gasteiger partial charge on any atom is 0.319 e. The number of hydrogen-bond acceptors (Lipinski definition) is 3. The number of amides is 3. The lowest BCUT2D eigenvalue weighted by Gasteiger charge is -2.47. The molecular formula is C20H29N3O3. The number of piperidine rings is 1. The first-order chi connectivity index (χ1) is 12.3. The van der Waals surface area contributed by atoms with E-state index in [9.17, 15) is 9.59 Å². The summed E-state index contributed by atoms with van der Waals surface area (Å²) in [5, 5.41) is 0. The van der Waals surface area contributed by atoms with Gasteiger partial charge in [-0.3, -0.25) is 4.79 Å². The summed E-state index contributed by atoms with van der Waals surface area (Å²) in [5.41, 5.74) is 0.842. The molecular weight excluding hydrogens is 330 g/mol. The summed E-state index contributed by atoms with van der Waals surface area (Å²) in [5.74, 6) is 1.19. The predicted molar refractivity (Wildman–Crippen MR) is 100 cm³/mol. The van der Waals surface area contributed by atoms with Crippen molar-refractivity contribution in [1.29, 1.82) is 0 Å². The molecule has 26 heavy (non-hydrogen) atoms. The van der Waals surface area contributed by atoms with Crippen molar-refractivity contribution < 1.29 is 14.3 Å². The van der Waals surface area contributed by atoms with Gasteiger partial charge < -0.3 is 19.4 Å². The van der Waals surface area contributed by atoms with Crippen LogP contribution in [0.15, 0.2) is 24.3 Å². The Hall–Kier alpha value is -2.24. The molecule has 2 heterocycles. The molecule has 1 atom stereocenters. The molecule has 3 amide bonds. The van der Waals surface area contributed by atoms with Crippen LogP contribution in [0.1, 0.15) is 37.2 Å². The SMILES string of the molecule is CN(C)C(=O)C[C@H]1CC2(CCN(C(=O)N(C)C)CC2)Oc2ccccc21. The van der Waals surface area contributed by atoms with Gasteiger partial charge in [-0.1, -0.05) is 18.2 Å². The minimum Gasteiger partial charge on any atom is -0.487 e. The third-order valence-corrected chi connectivity index (χ3v) is 5.55. The van der Waals surface area contributed by atoms with Crippen LogP contribution < -0.4 is 4.74 Å². The van der Waals surface area contributed by atoms with Crippen LogP contribution in [0.25, 0.3) is 0 Å². The van der Waals surface area contributed by atoms with Gasteiger partial charge in [-0.05, 0) is 18.1 Å². The number of carbonyl (C=O) groups excluding carboxylic acids is 2. The van der Waals surface area contributed by atoms with Gasteiger partial charge in [0.1, 0.15) is 11.4 Å². The number of fused-ring (bicyclic) bond motifs is 1. The number of urea groups is 1. The van der Waals surface area contributed by atoms with Crippen LogP contribution in [0.3, 0.4) is 0 Å². The molecule has 142 valence electrons. The fraction of sp³-hybridized carbons (Fsp3) is 0.600. The second-order valence-corrected chi connectivity index (χ2v) is 7.88. The van der Waals surface area contributed by atoms with E-state index in [0.29, 0.717) is 19.5 Å². The van der Waals surface area contributed by atoms with Crippen LogP contribution in [0.2, 0.25) is 0 Å². The van der Waals surface area contributed by atoms with E-state index in [2.05, 4.69) is 6.07 Å². The van der Waals surface area contributed by atoms with Gasteiger partial charge in [-0.15, -0.1) is 0 Å². The summed E-state index contributed by atoms with van der Waals surface area (Å²) in [6.07, 6.45) is 2.92. The maximum absolute atomic E-state index is 12.3. The number of likely N-dealkylation sites (tertiary alicyclic amines) is 1. The molecule has 1 aromatic rings. The zero-order valence-corrected chi connectivity index (χ0v) is 16.2. The summed E-state index contributed by atoms with van der Waals surface area (Å²) >= 11 is 0. The van der Waals surface area contributed by atoms with E-state index in [1.807, 2.05) is 23.1 Å². The summed E-state index contributed by atoms with van der Waals surface area (Å²) in [6.45, 7) is 1.38. The average Bonchev–Trinajstić information content (AvgIpc) is 2.61. The number of hydrogen-bond donors (Lipinski definition) is 0. The van der Waals surface area contributed by atoms with Crippen molar-refractivity contribution in [3.05, 3.63) is 29.8 Å². The Labute approximate surface area is 155 Å². The summed E-state index contributed by atoms with van der Waals surface area (Å²) in [6, 6.07) is 8.11. The predicted octanol–water partition coefficient (Wildman–Crippen LogP) is 2.55. The van der Waals surface area contributed by atoms with E-state index in [1.54, 1.807) is 38.0 Å². The van der Waals surface area contributed by atoms with E-state index in [4.69, 9.17) is 4.74 Å². The van der Waals surface area contributed by atoms with Crippen molar-refractivity contribution in [1.82, 2.24) is 14.7 Å². The maximum atomic E-state index is 12.3. The Morgan fingerprint density at radius 2 is 1.77 bits per heavy atom. The first kappa shape index (κ1) is 18.5. The van der Waals surface area contributed by atoms with Crippen LogP contribution in [-0.2, 0) is 4.79 Å². The van der Waals surface area contributed by atoms with Gasteiger partial charge >= 0.3 is 6.03 Å². The first-order valence-electron chi connectivity index (χ1n) is 9.26. The molecule has 1 aromatic carbocycles. The van der Waals surface area contributed by atoms with Crippen molar-refractivity contribution >= 4 is 11.9 Å². The molecule has 1 spiro atoms. The summed E-state index contributed by atoms with van der Waals surface area (Å²) in [4.78, 5) is 29.7. The Kier molecular flexibility index (Phi) is 5.12. The number of rotatable bonds is 2. The van der Waals surface area contributed by atoms with Crippen molar-refractivity contribution in [2.75, 3.05) is 41.3 Å². The van der Waals surface area contributed by atoms with E-state index < -0.39 is 0 Å². The zero-order valence-electron chi connectivity index (χ0n) is 16.2. The highest BCUT2D eigenvalue weighted by molar-refractivity contribution is 5.77. The number of para-hydroxylation sites is 1. The van der Waals surface area contributed by atoms with Crippen LogP contribution in [0.5, 0.6) is 5.75 Å². The van der Waals surface area contributed by atoms with Crippen LogP contribution in [-0.4, -0.2) is 73.5 Å². The molecule has 0 aromatic heterocycles. The molecule has 6 nitrogen and oxygen atoms in total. The molecule has 0 bridgehead atoms. The number of benzene rings is 1. The lowest BCUT2D eigenvalue weighted by molar-refractivity contribution is -0.129. The smallest absolute Gasteiger partial charge is 0.319 e. The monoisotopic (exact) mass is 359 g/mol. The second-order valence-electron chi connectivity index (χ2n) is 7.88. The molecule has 0 radical (unpaired) electrons. The third kappa shape index (κ3) is 3.64. The molecule has 0 saturated carbocycles. The van der Waals surface area contributed by atoms with Gasteiger partial charge in [0.25, 0.3) is 0 Å². The van der Waals surface area contributed by atoms with Gasteiger partial charge in [0.15, 0.2) is 0 Å². The summed E-state index contributed by atoms with van der Waals surface area (Å²) in [7, 11) is 7.16. The van der Waals surface area contributed by atoms with Crippen LogP contribution in [0, 0.1) is 0 Å². The first-order valence-corrected chi connectivity index (χ1v) is 9.26. The number of nitrogens with zero attached hydrogens (tertiary/aromatic N) is 3. The van der Waals surface area contributed by atoms with Gasteiger partial charge in [-0.2, -0.15) is 0 Å². The minimum atomic E-state index is -0.283. The highest BCUT2D eigenvalue weighted by Gasteiger charge is 2.44. The molecule has 1 fully saturated rings. The molecule has 0 N–H and O–H groups in total. The van der Waals surface area contributed by atoms with E-state index >= 15 is 0 Å². The molecule has 1 saturated heterocycles. The van der Waals surface area contributed by atoms with Crippen molar-refractivity contribution in [2.24, 2.45) is 0 Å². The van der Waals surface area contributed by atoms with E-state index in [1.165, 1.54) is 0 Å². The topological polar surface area (TPSA) is 53.1 Å². The fourth-order valence-electron chi connectivity index (χ4n) is 4.01. The van der Waals surface area contributed by atoms with Crippen LogP contribution >= 0.6 is 0 Å². The summed E-state index contributed by atoms with van der Waals surface area (Å²) < 4.78 is 6.44. The normalized spacial score (nSPS) is 20.9. The minimum absolute atomic E-state index is 0.0513. The van der Waals surface area contributed by atoms with Gasteiger partial charge in [-0.25, -0.2) is 4.79 Å². The molecule has 3 rings (SSSR count). The lowest BCUT2D eigenvalue weighted by atomic mass is 9.76. The Balaban J connectivity index is 1.78. The number of carbonyl (C=O) groups is 2. The van der Waals surface area contributed by atoms with Crippen LogP contribution in [0.4, 0.5) is 4.79 Å². The highest BCUT2D eigenvalue weighted by atomic mass is 16.5. The van der Waals surface area contributed by atoms with Gasteiger partial charge in [0, 0.05) is 66.5 Å². The Bertz CT molecular complexity index is 679. The highest BCUT2D eigenvalue weighted by Crippen LogP contribution is 2.46. The zero-order chi connectivity index (χ0) is 18.9. The third-order valence-electron chi connectivity index (χ3n) is 5.55. The van der Waals surface area contributed by atoms with E-state index in [0.717, 1.165) is 30.6 Å². The molecule has 0 aliphatic carbocycles. The lowest BCUT2D eigenvalue weighted by Crippen LogP contribution is -2.53. The second kappa shape index (κ2) is 7.17. The average molecular weight is 359 g/mol. The van der Waals surface area contributed by atoms with E-state index in [-0.39, 0.29) is 23.5 Å². The molecule has 0 unspecified atom stereocenters. The van der Waals surface area contributed by atoms with Crippen molar-refractivity contribution in [2.45, 2.75) is 37.2 Å². The fourth-order valence-corrected chi connectivity index (χ4v) is 4.01. The number of ether oxygens (including phenoxy) is 1. The Morgan fingerprint density at radius 1 is 1.12 bits per heavy atom. The standard InChI is InChI=1S/C20H29N3O3/c1-21(2)18(24)13-15-14-20(26-17-8-6-5-7-16(15)17)9-11-23(12-10-20)19(25)22(3)4/h5-8,15H,9-14H2,1-4H3/t15-/m0/s1. The molecule has 6 heteroatoms. The molecule has 2 aliphatic heterocycles.